The van der Waals surface area contributed by atoms with Gasteiger partial charge in [0.15, 0.2) is 0 Å². The van der Waals surface area contributed by atoms with Crippen molar-refractivity contribution in [1.29, 1.82) is 0 Å². The summed E-state index contributed by atoms with van der Waals surface area (Å²) in [5.74, 6) is -0.196. The minimum absolute atomic E-state index is 0.0269. The van der Waals surface area contributed by atoms with Crippen molar-refractivity contribution in [2.45, 2.75) is 6.42 Å². The van der Waals surface area contributed by atoms with E-state index in [9.17, 15) is 4.79 Å². The molecule has 0 unspecified atom stereocenters. The number of hydrogen-bond donors (Lipinski definition) is 1. The molecule has 0 amide bonds. The zero-order chi connectivity index (χ0) is 27.0. The quantitative estimate of drug-likeness (QED) is 0.191. The lowest BCUT2D eigenvalue weighted by atomic mass is 9.94. The molecule has 5 rings (SSSR count). The summed E-state index contributed by atoms with van der Waals surface area (Å²) < 4.78 is 6.82. The lowest BCUT2D eigenvalue weighted by molar-refractivity contribution is -0.136. The summed E-state index contributed by atoms with van der Waals surface area (Å²) in [7, 11) is 0. The number of ether oxygens (including phenoxy) is 1. The molecule has 0 saturated heterocycles. The monoisotopic (exact) mass is 574 g/mol. The first kappa shape index (κ1) is 26.2. The summed E-state index contributed by atoms with van der Waals surface area (Å²) in [6, 6.07) is 43.3. The van der Waals surface area contributed by atoms with Gasteiger partial charge in [0.25, 0.3) is 0 Å². The minimum Gasteiger partial charge on any atom is -0.488 e. The average Bonchev–Trinajstić information content (AvgIpc) is 2.97. The summed E-state index contributed by atoms with van der Waals surface area (Å²) in [4.78, 5) is 11.0. The standard InChI is InChI=1S/C35H27BrO3/c36-33-23-25(24-35(37)38)11-20-34(33)39-22-21-32(30-16-12-28(13-17-30)26-7-3-1-4-8-26)31-18-14-29(15-19-31)27-9-5-2-6-10-27/h1-21,23H,22,24H2,(H,37,38). The molecule has 0 spiro atoms. The molecule has 0 heterocycles. The highest BCUT2D eigenvalue weighted by atomic mass is 79.9. The normalized spacial score (nSPS) is 10.6. The summed E-state index contributed by atoms with van der Waals surface area (Å²) in [5, 5.41) is 9.06. The van der Waals surface area contributed by atoms with Crippen LogP contribution in [0.5, 0.6) is 5.75 Å². The average molecular weight is 576 g/mol. The second-order valence-corrected chi connectivity index (χ2v) is 10.0. The number of carbonyl (C=O) groups is 1. The molecule has 1 N–H and O–H groups in total. The molecule has 0 aromatic heterocycles. The Morgan fingerprint density at radius 2 is 1.15 bits per heavy atom. The lowest BCUT2D eigenvalue weighted by Gasteiger charge is -2.13. The molecule has 0 fully saturated rings. The van der Waals surface area contributed by atoms with E-state index in [-0.39, 0.29) is 6.42 Å². The van der Waals surface area contributed by atoms with Gasteiger partial charge >= 0.3 is 5.97 Å². The van der Waals surface area contributed by atoms with Crippen molar-refractivity contribution in [2.75, 3.05) is 6.61 Å². The number of carboxylic acids is 1. The maximum Gasteiger partial charge on any atom is 0.307 e. The Bertz CT molecular complexity index is 1490. The van der Waals surface area contributed by atoms with Gasteiger partial charge in [-0.05, 0) is 78.7 Å². The first-order valence-electron chi connectivity index (χ1n) is 12.7. The zero-order valence-electron chi connectivity index (χ0n) is 21.3. The van der Waals surface area contributed by atoms with Crippen LogP contribution in [0, 0.1) is 0 Å². The Morgan fingerprint density at radius 1 is 0.667 bits per heavy atom. The van der Waals surface area contributed by atoms with E-state index >= 15 is 0 Å². The van der Waals surface area contributed by atoms with Crippen LogP contribution in [0.1, 0.15) is 16.7 Å². The molecule has 0 atom stereocenters. The molecule has 39 heavy (non-hydrogen) atoms. The largest absolute Gasteiger partial charge is 0.488 e. The van der Waals surface area contributed by atoms with Crippen LogP contribution in [0.25, 0.3) is 27.8 Å². The van der Waals surface area contributed by atoms with Crippen molar-refractivity contribution >= 4 is 27.5 Å². The van der Waals surface area contributed by atoms with Gasteiger partial charge < -0.3 is 9.84 Å². The van der Waals surface area contributed by atoms with Crippen LogP contribution in [0.4, 0.5) is 0 Å². The van der Waals surface area contributed by atoms with Crippen LogP contribution in [0.2, 0.25) is 0 Å². The Hall–Kier alpha value is -4.41. The summed E-state index contributed by atoms with van der Waals surface area (Å²) >= 11 is 3.52. The Balaban J connectivity index is 1.42. The van der Waals surface area contributed by atoms with Gasteiger partial charge in [0, 0.05) is 0 Å². The van der Waals surface area contributed by atoms with E-state index in [0.29, 0.717) is 12.4 Å². The predicted molar refractivity (Wildman–Crippen MR) is 162 cm³/mol. The maximum absolute atomic E-state index is 11.0. The molecule has 3 nitrogen and oxygen atoms in total. The fourth-order valence-electron chi connectivity index (χ4n) is 4.51. The summed E-state index contributed by atoms with van der Waals surface area (Å²) in [6.07, 6.45) is 2.06. The van der Waals surface area contributed by atoms with Gasteiger partial charge in [-0.15, -0.1) is 0 Å². The molecule has 192 valence electrons. The highest BCUT2D eigenvalue weighted by Crippen LogP contribution is 2.30. The Kier molecular flexibility index (Phi) is 8.35. The molecule has 0 aliphatic carbocycles. The summed E-state index contributed by atoms with van der Waals surface area (Å²) in [5.41, 5.74) is 8.69. The van der Waals surface area contributed by atoms with Crippen molar-refractivity contribution in [3.63, 3.8) is 0 Å². The molecule has 4 heteroatoms. The molecular weight excluding hydrogens is 548 g/mol. The first-order valence-corrected chi connectivity index (χ1v) is 13.5. The van der Waals surface area contributed by atoms with Crippen molar-refractivity contribution in [3.8, 4) is 28.0 Å². The Labute approximate surface area is 237 Å². The van der Waals surface area contributed by atoms with E-state index in [0.717, 1.165) is 26.7 Å². The van der Waals surface area contributed by atoms with Crippen molar-refractivity contribution < 1.29 is 14.6 Å². The van der Waals surface area contributed by atoms with Gasteiger partial charge in [-0.1, -0.05) is 115 Å². The number of benzene rings is 5. The highest BCUT2D eigenvalue weighted by Gasteiger charge is 2.09. The number of aliphatic carboxylic acids is 1. The van der Waals surface area contributed by atoms with E-state index < -0.39 is 5.97 Å². The molecule has 5 aromatic carbocycles. The van der Waals surface area contributed by atoms with Gasteiger partial charge in [0.2, 0.25) is 0 Å². The first-order chi connectivity index (χ1) is 19.1. The van der Waals surface area contributed by atoms with Gasteiger partial charge in [-0.3, -0.25) is 4.79 Å². The molecule has 0 bridgehead atoms. The van der Waals surface area contributed by atoms with E-state index in [1.54, 1.807) is 18.2 Å². The van der Waals surface area contributed by atoms with Gasteiger partial charge in [0.1, 0.15) is 12.4 Å². The topological polar surface area (TPSA) is 46.5 Å². The smallest absolute Gasteiger partial charge is 0.307 e. The minimum atomic E-state index is -0.861. The van der Waals surface area contributed by atoms with Crippen molar-refractivity contribution in [3.05, 3.63) is 155 Å². The number of carboxylic acid groups (broad SMARTS) is 1. The van der Waals surface area contributed by atoms with Gasteiger partial charge in [-0.25, -0.2) is 0 Å². The molecule has 0 radical (unpaired) electrons. The predicted octanol–water partition coefficient (Wildman–Crippen LogP) is 8.92. The zero-order valence-corrected chi connectivity index (χ0v) is 22.8. The third kappa shape index (κ3) is 6.73. The van der Waals surface area contributed by atoms with Crippen LogP contribution < -0.4 is 4.74 Å². The number of hydrogen-bond acceptors (Lipinski definition) is 2. The van der Waals surface area contributed by atoms with Crippen LogP contribution >= 0.6 is 15.9 Å². The second-order valence-electron chi connectivity index (χ2n) is 9.15. The van der Waals surface area contributed by atoms with Crippen molar-refractivity contribution in [1.82, 2.24) is 0 Å². The molecular formula is C35H27BrO3. The van der Waals surface area contributed by atoms with Gasteiger partial charge in [0.05, 0.1) is 10.9 Å². The van der Waals surface area contributed by atoms with E-state index in [4.69, 9.17) is 9.84 Å². The summed E-state index contributed by atoms with van der Waals surface area (Å²) in [6.45, 7) is 0.354. The van der Waals surface area contributed by atoms with E-state index in [1.807, 2.05) is 36.4 Å². The fraction of sp³-hybridized carbons (Fsp3) is 0.0571. The molecule has 0 aliphatic rings. The van der Waals surface area contributed by atoms with Gasteiger partial charge in [-0.2, -0.15) is 0 Å². The third-order valence-corrected chi connectivity index (χ3v) is 7.10. The van der Waals surface area contributed by atoms with Crippen molar-refractivity contribution in [2.24, 2.45) is 0 Å². The van der Waals surface area contributed by atoms with Crippen LogP contribution in [-0.2, 0) is 11.2 Å². The molecule has 0 aliphatic heterocycles. The van der Waals surface area contributed by atoms with E-state index in [1.165, 1.54) is 22.3 Å². The molecule has 0 saturated carbocycles. The third-order valence-electron chi connectivity index (χ3n) is 6.48. The highest BCUT2D eigenvalue weighted by molar-refractivity contribution is 9.10. The maximum atomic E-state index is 11.0. The molecule has 5 aromatic rings. The second kappa shape index (κ2) is 12.4. The SMILES string of the molecule is O=C(O)Cc1ccc(OCC=C(c2ccc(-c3ccccc3)cc2)c2ccc(-c3ccccc3)cc2)c(Br)c1. The van der Waals surface area contributed by atoms with E-state index in [2.05, 4.69) is 94.8 Å². The van der Waals surface area contributed by atoms with Crippen LogP contribution in [0.15, 0.2) is 138 Å². The number of rotatable bonds is 9. The lowest BCUT2D eigenvalue weighted by Crippen LogP contribution is -2.01. The Morgan fingerprint density at radius 3 is 1.62 bits per heavy atom. The van der Waals surface area contributed by atoms with Crippen LogP contribution in [0.3, 0.4) is 0 Å². The fourth-order valence-corrected chi connectivity index (χ4v) is 5.05. The van der Waals surface area contributed by atoms with Crippen LogP contribution in [-0.4, -0.2) is 17.7 Å². The number of halogens is 1.